The van der Waals surface area contributed by atoms with E-state index in [-0.39, 0.29) is 18.5 Å². The van der Waals surface area contributed by atoms with Gasteiger partial charge >= 0.3 is 6.09 Å². The summed E-state index contributed by atoms with van der Waals surface area (Å²) in [6.07, 6.45) is 4.72. The molecule has 4 aromatic rings. The minimum Gasteiger partial charge on any atom is -0.465 e. The fourth-order valence-electron chi connectivity index (χ4n) is 3.67. The molecule has 0 radical (unpaired) electrons. The van der Waals surface area contributed by atoms with E-state index in [9.17, 15) is 14.7 Å². The Labute approximate surface area is 194 Å². The molecular formula is C23H24N6O3S. The van der Waals surface area contributed by atoms with E-state index in [0.29, 0.717) is 29.9 Å². The Hall–Kier alpha value is -3.79. The minimum atomic E-state index is -0.993. The molecule has 0 unspecified atom stereocenters. The van der Waals surface area contributed by atoms with Crippen LogP contribution in [0.1, 0.15) is 30.6 Å². The van der Waals surface area contributed by atoms with E-state index >= 15 is 0 Å². The molecule has 170 valence electrons. The Morgan fingerprint density at radius 2 is 2.09 bits per heavy atom. The molecule has 0 saturated heterocycles. The van der Waals surface area contributed by atoms with Gasteiger partial charge in [-0.2, -0.15) is 5.10 Å². The molecule has 2 N–H and O–H groups in total. The molecule has 0 aliphatic carbocycles. The highest BCUT2D eigenvalue weighted by Gasteiger charge is 2.21. The molecule has 4 aromatic heterocycles. The van der Waals surface area contributed by atoms with Crippen LogP contribution in [-0.4, -0.2) is 60.7 Å². The predicted octanol–water partition coefficient (Wildman–Crippen LogP) is 4.03. The topological polar surface area (TPSA) is 113 Å². The number of amides is 2. The van der Waals surface area contributed by atoms with Crippen LogP contribution in [0, 0.1) is 0 Å². The van der Waals surface area contributed by atoms with E-state index in [4.69, 9.17) is 4.98 Å². The van der Waals surface area contributed by atoms with Gasteiger partial charge in [0.2, 0.25) is 0 Å². The summed E-state index contributed by atoms with van der Waals surface area (Å²) in [4.78, 5) is 35.8. The number of fused-ring (bicyclic) bond motifs is 1. The van der Waals surface area contributed by atoms with Crippen molar-refractivity contribution in [2.24, 2.45) is 0 Å². The Balaban J connectivity index is 1.57. The van der Waals surface area contributed by atoms with Gasteiger partial charge in [0.15, 0.2) is 5.65 Å². The molecule has 10 heteroatoms. The first-order valence-corrected chi connectivity index (χ1v) is 11.5. The Kier molecular flexibility index (Phi) is 6.64. The first-order valence-electron chi connectivity index (χ1n) is 10.6. The van der Waals surface area contributed by atoms with Gasteiger partial charge in [0, 0.05) is 31.0 Å². The second-order valence-corrected chi connectivity index (χ2v) is 8.33. The van der Waals surface area contributed by atoms with E-state index in [1.54, 1.807) is 47.3 Å². The Morgan fingerprint density at radius 3 is 2.79 bits per heavy atom. The van der Waals surface area contributed by atoms with E-state index in [1.807, 2.05) is 36.7 Å². The molecule has 33 heavy (non-hydrogen) atoms. The van der Waals surface area contributed by atoms with Crippen molar-refractivity contribution in [1.29, 1.82) is 0 Å². The quantitative estimate of drug-likeness (QED) is 0.407. The maximum atomic E-state index is 12.8. The summed E-state index contributed by atoms with van der Waals surface area (Å²) < 4.78 is 1.68. The second kappa shape index (κ2) is 9.78. The molecule has 4 heterocycles. The van der Waals surface area contributed by atoms with Crippen molar-refractivity contribution in [2.45, 2.75) is 26.3 Å². The van der Waals surface area contributed by atoms with Crippen molar-refractivity contribution in [2.75, 3.05) is 13.1 Å². The number of carboxylic acid groups (broad SMARTS) is 1. The highest BCUT2D eigenvalue weighted by molar-refractivity contribution is 7.13. The molecule has 0 aliphatic rings. The first kappa shape index (κ1) is 22.4. The number of likely N-dealkylation sites (N-methyl/N-ethyl adjacent to an activating group) is 1. The van der Waals surface area contributed by atoms with Crippen LogP contribution in [0.5, 0.6) is 0 Å². The SMILES string of the molecule is CC[C@H](CNC(=O)c1ccnc(-c2cnn3ccc(-c4cccs4)nc23)c1)N(CC)C(=O)O. The van der Waals surface area contributed by atoms with Gasteiger partial charge in [-0.05, 0) is 43.0 Å². The van der Waals surface area contributed by atoms with Crippen molar-refractivity contribution in [1.82, 2.24) is 29.8 Å². The monoisotopic (exact) mass is 464 g/mol. The largest absolute Gasteiger partial charge is 0.465 e. The maximum absolute atomic E-state index is 12.8. The predicted molar refractivity (Wildman–Crippen MR) is 126 cm³/mol. The molecule has 0 aliphatic heterocycles. The average molecular weight is 465 g/mol. The summed E-state index contributed by atoms with van der Waals surface area (Å²) in [5.41, 5.74) is 3.23. The number of hydrogen-bond acceptors (Lipinski definition) is 6. The number of rotatable bonds is 8. The van der Waals surface area contributed by atoms with Crippen LogP contribution in [0.2, 0.25) is 0 Å². The van der Waals surface area contributed by atoms with Crippen molar-refractivity contribution in [3.8, 4) is 21.8 Å². The van der Waals surface area contributed by atoms with Crippen molar-refractivity contribution in [3.05, 3.63) is 59.9 Å². The summed E-state index contributed by atoms with van der Waals surface area (Å²) in [6, 6.07) is 8.93. The van der Waals surface area contributed by atoms with Crippen LogP contribution in [0.15, 0.2) is 54.3 Å². The lowest BCUT2D eigenvalue weighted by Crippen LogP contribution is -2.46. The number of nitrogens with one attached hydrogen (secondary N) is 1. The summed E-state index contributed by atoms with van der Waals surface area (Å²) in [5, 5.41) is 18.6. The van der Waals surface area contributed by atoms with Gasteiger partial charge in [-0.3, -0.25) is 9.78 Å². The zero-order valence-electron chi connectivity index (χ0n) is 18.3. The molecule has 2 amide bonds. The lowest BCUT2D eigenvalue weighted by molar-refractivity contribution is 0.0919. The normalized spacial score (nSPS) is 11.9. The maximum Gasteiger partial charge on any atom is 0.407 e. The molecule has 0 bridgehead atoms. The van der Waals surface area contributed by atoms with Crippen LogP contribution < -0.4 is 5.32 Å². The molecule has 0 aromatic carbocycles. The number of pyridine rings is 1. The van der Waals surface area contributed by atoms with Gasteiger partial charge in [-0.15, -0.1) is 11.3 Å². The molecule has 4 rings (SSSR count). The molecule has 0 spiro atoms. The van der Waals surface area contributed by atoms with Crippen molar-refractivity contribution in [3.63, 3.8) is 0 Å². The fourth-order valence-corrected chi connectivity index (χ4v) is 4.36. The molecule has 0 fully saturated rings. The number of nitrogens with zero attached hydrogens (tertiary/aromatic N) is 5. The van der Waals surface area contributed by atoms with Gasteiger partial charge in [-0.1, -0.05) is 13.0 Å². The Morgan fingerprint density at radius 1 is 1.24 bits per heavy atom. The second-order valence-electron chi connectivity index (χ2n) is 7.39. The number of thiophene rings is 1. The highest BCUT2D eigenvalue weighted by atomic mass is 32.1. The summed E-state index contributed by atoms with van der Waals surface area (Å²) >= 11 is 1.61. The average Bonchev–Trinajstić information content (AvgIpc) is 3.51. The molecule has 1 atom stereocenters. The first-order chi connectivity index (χ1) is 16.0. The van der Waals surface area contributed by atoms with Gasteiger partial charge < -0.3 is 15.3 Å². The fraction of sp³-hybridized carbons (Fsp3) is 0.261. The van der Waals surface area contributed by atoms with Crippen LogP contribution in [0.3, 0.4) is 0 Å². The summed E-state index contributed by atoms with van der Waals surface area (Å²) in [7, 11) is 0. The summed E-state index contributed by atoms with van der Waals surface area (Å²) in [5.74, 6) is -0.290. The molecule has 9 nitrogen and oxygen atoms in total. The lowest BCUT2D eigenvalue weighted by atomic mass is 10.1. The van der Waals surface area contributed by atoms with E-state index < -0.39 is 6.09 Å². The van der Waals surface area contributed by atoms with Gasteiger partial charge in [0.05, 0.1) is 34.1 Å². The lowest BCUT2D eigenvalue weighted by Gasteiger charge is -2.27. The minimum absolute atomic E-state index is 0.232. The van der Waals surface area contributed by atoms with E-state index in [2.05, 4.69) is 15.4 Å². The third kappa shape index (κ3) is 4.70. The van der Waals surface area contributed by atoms with Gasteiger partial charge in [0.25, 0.3) is 5.91 Å². The molecule has 0 saturated carbocycles. The third-order valence-corrected chi connectivity index (χ3v) is 6.33. The molecular weight excluding hydrogens is 440 g/mol. The number of carbonyl (C=O) groups excluding carboxylic acids is 1. The van der Waals surface area contributed by atoms with Gasteiger partial charge in [0.1, 0.15) is 0 Å². The standard InChI is InChI=1S/C23H24N6O3S/c1-3-16(28(4-2)23(31)32)13-25-22(30)15-7-9-24-19(12-15)17-14-26-29-10-8-18(27-21(17)29)20-6-5-11-33-20/h5-12,14,16H,3-4,13H2,1-2H3,(H,25,30)(H,31,32)/t16-/m1/s1. The smallest absolute Gasteiger partial charge is 0.407 e. The van der Waals surface area contributed by atoms with Crippen LogP contribution in [-0.2, 0) is 0 Å². The van der Waals surface area contributed by atoms with E-state index in [0.717, 1.165) is 16.1 Å². The number of carbonyl (C=O) groups is 2. The van der Waals surface area contributed by atoms with Crippen molar-refractivity contribution < 1.29 is 14.7 Å². The Bertz CT molecular complexity index is 1270. The van der Waals surface area contributed by atoms with Crippen LogP contribution in [0.4, 0.5) is 4.79 Å². The van der Waals surface area contributed by atoms with E-state index in [1.165, 1.54) is 4.90 Å². The third-order valence-electron chi connectivity index (χ3n) is 5.44. The summed E-state index contributed by atoms with van der Waals surface area (Å²) in [6.45, 7) is 4.27. The van der Waals surface area contributed by atoms with Crippen LogP contribution in [0.25, 0.3) is 27.5 Å². The number of hydrogen-bond donors (Lipinski definition) is 2. The van der Waals surface area contributed by atoms with Crippen molar-refractivity contribution >= 4 is 29.0 Å². The van der Waals surface area contributed by atoms with Gasteiger partial charge in [-0.25, -0.2) is 14.3 Å². The number of aromatic nitrogens is 4. The highest BCUT2D eigenvalue weighted by Crippen LogP contribution is 2.27. The van der Waals surface area contributed by atoms with Crippen LogP contribution >= 0.6 is 11.3 Å². The zero-order chi connectivity index (χ0) is 23.4. The zero-order valence-corrected chi connectivity index (χ0v) is 19.1.